The highest BCUT2D eigenvalue weighted by molar-refractivity contribution is 7.71. The zero-order valence-electron chi connectivity index (χ0n) is 10.9. The molecule has 0 bridgehead atoms. The first-order valence-electron chi connectivity index (χ1n) is 5.66. The fraction of sp³-hybridized carbons (Fsp3) is 0.636. The molecular weight excluding hydrogens is 295 g/mol. The Labute approximate surface area is 122 Å². The number of ether oxygens (including phenoxy) is 1. The van der Waals surface area contributed by atoms with Gasteiger partial charge in [-0.1, -0.05) is 49.3 Å². The van der Waals surface area contributed by atoms with Crippen LogP contribution in [0.25, 0.3) is 0 Å². The van der Waals surface area contributed by atoms with Crippen molar-refractivity contribution in [1.29, 1.82) is 0 Å². The Bertz CT molecular complexity index is 477. The van der Waals surface area contributed by atoms with Gasteiger partial charge in [0.05, 0.1) is 5.69 Å². The second kappa shape index (κ2) is 7.94. The summed E-state index contributed by atoms with van der Waals surface area (Å²) >= 11 is 16.9. The van der Waals surface area contributed by atoms with Crippen LogP contribution >= 0.6 is 35.4 Å². The summed E-state index contributed by atoms with van der Waals surface area (Å²) in [7, 11) is 0. The molecule has 1 aromatic heterocycles. The van der Waals surface area contributed by atoms with Crippen molar-refractivity contribution in [2.24, 2.45) is 0 Å². The van der Waals surface area contributed by atoms with Crippen LogP contribution in [-0.4, -0.2) is 16.2 Å². The molecule has 0 saturated heterocycles. The van der Waals surface area contributed by atoms with Gasteiger partial charge >= 0.3 is 5.69 Å². The number of alkyl halides is 2. The smallest absolute Gasteiger partial charge is 0.328 e. The molecule has 0 amide bonds. The third kappa shape index (κ3) is 5.10. The molecule has 0 unspecified atom stereocenters. The van der Waals surface area contributed by atoms with Gasteiger partial charge in [0.25, 0.3) is 0 Å². The summed E-state index contributed by atoms with van der Waals surface area (Å²) in [4.78, 5) is 14.1. The van der Waals surface area contributed by atoms with Crippen molar-refractivity contribution < 1.29 is 4.74 Å². The monoisotopic (exact) mass is 312 g/mol. The summed E-state index contributed by atoms with van der Waals surface area (Å²) in [6.45, 7) is 7.98. The normalized spacial score (nSPS) is 10.8. The van der Waals surface area contributed by atoms with Crippen molar-refractivity contribution in [3.8, 4) is 0 Å². The first-order valence-corrected chi connectivity index (χ1v) is 6.83. The molecule has 1 heterocycles. The minimum absolute atomic E-state index is 0.0891. The van der Waals surface area contributed by atoms with E-state index in [2.05, 4.69) is 4.98 Å². The van der Waals surface area contributed by atoms with Crippen molar-refractivity contribution in [3.63, 3.8) is 0 Å². The molecular formula is C11H18Cl2N2O2S. The summed E-state index contributed by atoms with van der Waals surface area (Å²) < 4.78 is 5.58. The van der Waals surface area contributed by atoms with E-state index < -0.39 is 4.33 Å². The lowest BCUT2D eigenvalue weighted by atomic mass is 10.3. The molecule has 0 atom stereocenters. The quantitative estimate of drug-likeness (QED) is 0.683. The molecule has 0 saturated carbocycles. The zero-order chi connectivity index (χ0) is 14.3. The summed E-state index contributed by atoms with van der Waals surface area (Å²) in [5, 5.41) is 0. The highest BCUT2D eigenvalue weighted by Gasteiger charge is 2.24. The highest BCUT2D eigenvalue weighted by atomic mass is 35.5. The standard InChI is InChI=1S/C9H12Cl2N2O2S.C2H6/c1-3-15-5-13-6(9(2,10)11)4-7(16)12-8(13)14;1-2/h4H,3,5H2,1-2H3,(H,12,14,16);1-2H3. The number of aromatic nitrogens is 2. The average molecular weight is 313 g/mol. The van der Waals surface area contributed by atoms with Gasteiger partial charge in [0.1, 0.15) is 11.4 Å². The van der Waals surface area contributed by atoms with Gasteiger partial charge in [-0.15, -0.1) is 0 Å². The van der Waals surface area contributed by atoms with Crippen LogP contribution in [0.1, 0.15) is 33.4 Å². The second-order valence-corrected chi connectivity index (χ2v) is 5.41. The lowest BCUT2D eigenvalue weighted by molar-refractivity contribution is 0.0818. The minimum Gasteiger partial charge on any atom is -0.361 e. The third-order valence-corrected chi connectivity index (χ3v) is 2.52. The van der Waals surface area contributed by atoms with Gasteiger partial charge in [-0.2, -0.15) is 0 Å². The van der Waals surface area contributed by atoms with E-state index in [1.165, 1.54) is 4.57 Å². The molecule has 1 rings (SSSR count). The van der Waals surface area contributed by atoms with Gasteiger partial charge < -0.3 is 4.74 Å². The number of hydrogen-bond acceptors (Lipinski definition) is 3. The topological polar surface area (TPSA) is 47.0 Å². The largest absolute Gasteiger partial charge is 0.361 e. The first-order chi connectivity index (χ1) is 8.36. The Morgan fingerprint density at radius 3 is 2.50 bits per heavy atom. The lowest BCUT2D eigenvalue weighted by Crippen LogP contribution is -2.30. The highest BCUT2D eigenvalue weighted by Crippen LogP contribution is 2.31. The number of nitrogens with zero attached hydrogens (tertiary/aromatic N) is 1. The van der Waals surface area contributed by atoms with Crippen molar-refractivity contribution >= 4 is 35.4 Å². The molecule has 1 N–H and O–H groups in total. The molecule has 0 radical (unpaired) electrons. The second-order valence-electron chi connectivity index (χ2n) is 3.26. The van der Waals surface area contributed by atoms with E-state index in [-0.39, 0.29) is 12.4 Å². The predicted molar refractivity (Wildman–Crippen MR) is 77.9 cm³/mol. The zero-order valence-corrected chi connectivity index (χ0v) is 13.2. The van der Waals surface area contributed by atoms with E-state index in [9.17, 15) is 4.79 Å². The maximum Gasteiger partial charge on any atom is 0.328 e. The Morgan fingerprint density at radius 1 is 1.50 bits per heavy atom. The van der Waals surface area contributed by atoms with Crippen LogP contribution in [0.15, 0.2) is 10.9 Å². The van der Waals surface area contributed by atoms with Crippen molar-refractivity contribution in [3.05, 3.63) is 26.9 Å². The number of H-pyrrole nitrogens is 1. The van der Waals surface area contributed by atoms with Crippen LogP contribution in [0.4, 0.5) is 0 Å². The van der Waals surface area contributed by atoms with Crippen molar-refractivity contribution in [1.82, 2.24) is 9.55 Å². The molecule has 0 fully saturated rings. The number of hydrogen-bond donors (Lipinski definition) is 1. The van der Waals surface area contributed by atoms with Gasteiger partial charge in [-0.05, 0) is 19.9 Å². The molecule has 104 valence electrons. The Hall–Kier alpha value is -0.360. The molecule has 7 heteroatoms. The summed E-state index contributed by atoms with van der Waals surface area (Å²) in [5.41, 5.74) is 0.0292. The molecule has 1 aromatic rings. The summed E-state index contributed by atoms with van der Waals surface area (Å²) in [6.07, 6.45) is 0. The van der Waals surface area contributed by atoms with Crippen LogP contribution in [0, 0.1) is 4.64 Å². The van der Waals surface area contributed by atoms with E-state index in [1.54, 1.807) is 13.0 Å². The van der Waals surface area contributed by atoms with Crippen LogP contribution in [0.3, 0.4) is 0 Å². The Balaban J connectivity index is 0.00000137. The van der Waals surface area contributed by atoms with E-state index in [0.29, 0.717) is 16.9 Å². The van der Waals surface area contributed by atoms with E-state index in [0.717, 1.165) is 0 Å². The van der Waals surface area contributed by atoms with Crippen LogP contribution in [-0.2, 0) is 15.8 Å². The molecule has 0 aliphatic rings. The maximum atomic E-state index is 11.7. The van der Waals surface area contributed by atoms with Crippen molar-refractivity contribution in [2.45, 2.75) is 38.8 Å². The van der Waals surface area contributed by atoms with Gasteiger partial charge in [0, 0.05) is 6.61 Å². The molecule has 0 spiro atoms. The predicted octanol–water partition coefficient (Wildman–Crippen LogP) is 3.58. The molecule has 18 heavy (non-hydrogen) atoms. The SMILES string of the molecule is CC.CCOCn1c(C(C)(Cl)Cl)cc(=S)[nH]c1=O. The summed E-state index contributed by atoms with van der Waals surface area (Å²) in [6, 6.07) is 1.55. The van der Waals surface area contributed by atoms with Gasteiger partial charge in [-0.25, -0.2) is 4.79 Å². The molecule has 0 aromatic carbocycles. The van der Waals surface area contributed by atoms with E-state index in [4.69, 9.17) is 40.2 Å². The number of halogens is 2. The molecule has 4 nitrogen and oxygen atoms in total. The lowest BCUT2D eigenvalue weighted by Gasteiger charge is -2.19. The van der Waals surface area contributed by atoms with Crippen LogP contribution in [0.5, 0.6) is 0 Å². The maximum absolute atomic E-state index is 11.7. The Morgan fingerprint density at radius 2 is 2.06 bits per heavy atom. The number of rotatable bonds is 4. The average Bonchev–Trinajstić information content (AvgIpc) is 2.28. The van der Waals surface area contributed by atoms with E-state index >= 15 is 0 Å². The first kappa shape index (κ1) is 17.6. The van der Waals surface area contributed by atoms with E-state index in [1.807, 2.05) is 20.8 Å². The van der Waals surface area contributed by atoms with Gasteiger partial charge in [-0.3, -0.25) is 9.55 Å². The Kier molecular flexibility index (Phi) is 7.78. The van der Waals surface area contributed by atoms with Gasteiger partial charge in [0.2, 0.25) is 0 Å². The fourth-order valence-electron chi connectivity index (χ4n) is 1.19. The minimum atomic E-state index is -1.20. The number of nitrogens with one attached hydrogen (secondary N) is 1. The number of aromatic amines is 1. The molecule has 0 aliphatic carbocycles. The van der Waals surface area contributed by atoms with Gasteiger partial charge in [0.15, 0.2) is 4.33 Å². The molecule has 0 aliphatic heterocycles. The third-order valence-electron chi connectivity index (χ3n) is 1.91. The fourth-order valence-corrected chi connectivity index (χ4v) is 1.71. The van der Waals surface area contributed by atoms with Crippen LogP contribution < -0.4 is 5.69 Å². The van der Waals surface area contributed by atoms with Crippen LogP contribution in [0.2, 0.25) is 0 Å². The van der Waals surface area contributed by atoms with Crippen molar-refractivity contribution in [2.75, 3.05) is 6.61 Å². The summed E-state index contributed by atoms with van der Waals surface area (Å²) in [5.74, 6) is 0.